The van der Waals surface area contributed by atoms with Gasteiger partial charge in [0.25, 0.3) is 5.91 Å². The highest BCUT2D eigenvalue weighted by molar-refractivity contribution is 5.96. The van der Waals surface area contributed by atoms with Gasteiger partial charge >= 0.3 is 0 Å². The summed E-state index contributed by atoms with van der Waals surface area (Å²) in [4.78, 5) is 12.6. The molecule has 0 atom stereocenters. The second-order valence-electron chi connectivity index (χ2n) is 6.07. The summed E-state index contributed by atoms with van der Waals surface area (Å²) in [6, 6.07) is 17.1. The molecule has 3 aromatic rings. The lowest BCUT2D eigenvalue weighted by Gasteiger charge is -2.09. The number of aromatic nitrogens is 2. The van der Waals surface area contributed by atoms with Crippen molar-refractivity contribution in [3.05, 3.63) is 71.5 Å². The third-order valence-electron chi connectivity index (χ3n) is 4.23. The molecular weight excluding hydrogens is 342 g/mol. The summed E-state index contributed by atoms with van der Waals surface area (Å²) in [7, 11) is 1.62. The van der Waals surface area contributed by atoms with Gasteiger partial charge in [0.15, 0.2) is 0 Å². The zero-order valence-corrected chi connectivity index (χ0v) is 15.7. The van der Waals surface area contributed by atoms with Crippen molar-refractivity contribution in [3.8, 4) is 17.2 Å². The molecular formula is C21H23N3O3. The van der Waals surface area contributed by atoms with Crippen LogP contribution in [0.25, 0.3) is 5.69 Å². The van der Waals surface area contributed by atoms with Crippen LogP contribution in [-0.4, -0.2) is 35.9 Å². The second-order valence-corrected chi connectivity index (χ2v) is 6.07. The first-order chi connectivity index (χ1) is 13.1. The van der Waals surface area contributed by atoms with Crippen LogP contribution < -0.4 is 14.8 Å². The fourth-order valence-corrected chi connectivity index (χ4v) is 2.89. The maximum Gasteiger partial charge on any atom is 0.255 e. The van der Waals surface area contributed by atoms with E-state index in [0.29, 0.717) is 24.4 Å². The van der Waals surface area contributed by atoms with Crippen LogP contribution in [0.5, 0.6) is 11.5 Å². The van der Waals surface area contributed by atoms with Gasteiger partial charge in [-0.25, -0.2) is 4.68 Å². The number of aryl methyl sites for hydroxylation is 1. The molecule has 1 amide bonds. The molecule has 3 rings (SSSR count). The van der Waals surface area contributed by atoms with E-state index in [-0.39, 0.29) is 5.91 Å². The molecule has 140 valence electrons. The molecule has 0 bridgehead atoms. The minimum Gasteiger partial charge on any atom is -0.497 e. The Kier molecular flexibility index (Phi) is 5.76. The number of nitrogens with one attached hydrogen (secondary N) is 1. The lowest BCUT2D eigenvalue weighted by atomic mass is 10.2. The third-order valence-corrected chi connectivity index (χ3v) is 4.23. The molecule has 0 aliphatic carbocycles. The number of benzene rings is 2. The standard InChI is InChI=1S/C21H23N3O3/c1-15-20(16(2)24(23-15)17-7-5-4-6-8-17)21(25)22-13-14-27-19-11-9-18(26-3)10-12-19/h4-12H,13-14H2,1-3H3,(H,22,25). The lowest BCUT2D eigenvalue weighted by Crippen LogP contribution is -2.29. The van der Waals surface area contributed by atoms with Crippen LogP contribution in [0.3, 0.4) is 0 Å². The van der Waals surface area contributed by atoms with Gasteiger partial charge in [0.05, 0.1) is 36.3 Å². The average molecular weight is 365 g/mol. The summed E-state index contributed by atoms with van der Waals surface area (Å²) in [5.74, 6) is 1.36. The molecule has 0 saturated heterocycles. The number of carbonyl (C=O) groups is 1. The summed E-state index contributed by atoms with van der Waals surface area (Å²) < 4.78 is 12.5. The number of hydrogen-bond donors (Lipinski definition) is 1. The molecule has 1 aromatic heterocycles. The summed E-state index contributed by atoms with van der Waals surface area (Å²) in [6.07, 6.45) is 0. The summed E-state index contributed by atoms with van der Waals surface area (Å²) in [5.41, 5.74) is 3.04. The number of amides is 1. The molecule has 0 aliphatic rings. The summed E-state index contributed by atoms with van der Waals surface area (Å²) in [6.45, 7) is 4.52. The van der Waals surface area contributed by atoms with Crippen molar-refractivity contribution < 1.29 is 14.3 Å². The summed E-state index contributed by atoms with van der Waals surface area (Å²) in [5, 5.41) is 7.40. The van der Waals surface area contributed by atoms with E-state index in [0.717, 1.165) is 22.9 Å². The molecule has 27 heavy (non-hydrogen) atoms. The van der Waals surface area contributed by atoms with Gasteiger partial charge in [-0.05, 0) is 50.2 Å². The van der Waals surface area contributed by atoms with E-state index in [1.165, 1.54) is 0 Å². The first-order valence-corrected chi connectivity index (χ1v) is 8.77. The van der Waals surface area contributed by atoms with Crippen molar-refractivity contribution in [2.45, 2.75) is 13.8 Å². The van der Waals surface area contributed by atoms with E-state index in [9.17, 15) is 4.79 Å². The quantitative estimate of drug-likeness (QED) is 0.653. The maximum atomic E-state index is 12.6. The van der Waals surface area contributed by atoms with Gasteiger partial charge < -0.3 is 14.8 Å². The SMILES string of the molecule is COc1ccc(OCCNC(=O)c2c(C)nn(-c3ccccc3)c2C)cc1. The Balaban J connectivity index is 1.59. The summed E-state index contributed by atoms with van der Waals surface area (Å²) >= 11 is 0. The number of para-hydroxylation sites is 1. The molecule has 1 N–H and O–H groups in total. The van der Waals surface area contributed by atoms with E-state index in [1.807, 2.05) is 68.4 Å². The smallest absolute Gasteiger partial charge is 0.255 e. The zero-order valence-electron chi connectivity index (χ0n) is 15.7. The van der Waals surface area contributed by atoms with Crippen molar-refractivity contribution in [1.29, 1.82) is 0 Å². The number of hydrogen-bond acceptors (Lipinski definition) is 4. The highest BCUT2D eigenvalue weighted by atomic mass is 16.5. The Morgan fingerprint density at radius 2 is 1.70 bits per heavy atom. The van der Waals surface area contributed by atoms with Gasteiger partial charge in [-0.2, -0.15) is 5.10 Å². The first kappa shape index (κ1) is 18.5. The first-order valence-electron chi connectivity index (χ1n) is 8.77. The van der Waals surface area contributed by atoms with Gasteiger partial charge in [0, 0.05) is 0 Å². The number of carbonyl (C=O) groups excluding carboxylic acids is 1. The molecule has 0 saturated carbocycles. The highest BCUT2D eigenvalue weighted by Crippen LogP contribution is 2.18. The van der Waals surface area contributed by atoms with E-state index in [4.69, 9.17) is 9.47 Å². The van der Waals surface area contributed by atoms with Crippen LogP contribution in [-0.2, 0) is 0 Å². The van der Waals surface area contributed by atoms with Crippen LogP contribution >= 0.6 is 0 Å². The molecule has 0 aliphatic heterocycles. The van der Waals surface area contributed by atoms with Crippen LogP contribution in [0.1, 0.15) is 21.7 Å². The molecule has 6 nitrogen and oxygen atoms in total. The third kappa shape index (κ3) is 4.28. The van der Waals surface area contributed by atoms with Gasteiger partial charge in [-0.3, -0.25) is 4.79 Å². The Morgan fingerprint density at radius 3 is 2.37 bits per heavy atom. The number of methoxy groups -OCH3 is 1. The molecule has 0 radical (unpaired) electrons. The zero-order chi connectivity index (χ0) is 19.2. The molecule has 2 aromatic carbocycles. The molecule has 0 spiro atoms. The van der Waals surface area contributed by atoms with Crippen molar-refractivity contribution in [2.24, 2.45) is 0 Å². The number of rotatable bonds is 7. The van der Waals surface area contributed by atoms with Gasteiger partial charge in [-0.1, -0.05) is 18.2 Å². The minimum atomic E-state index is -0.148. The van der Waals surface area contributed by atoms with Crippen LogP contribution in [0.15, 0.2) is 54.6 Å². The fourth-order valence-electron chi connectivity index (χ4n) is 2.89. The van der Waals surface area contributed by atoms with Gasteiger partial charge in [0.1, 0.15) is 18.1 Å². The monoisotopic (exact) mass is 365 g/mol. The Labute approximate surface area is 158 Å². The predicted molar refractivity (Wildman–Crippen MR) is 104 cm³/mol. The lowest BCUT2D eigenvalue weighted by molar-refractivity contribution is 0.0945. The number of nitrogens with zero attached hydrogens (tertiary/aromatic N) is 2. The average Bonchev–Trinajstić information content (AvgIpc) is 3.00. The van der Waals surface area contributed by atoms with E-state index < -0.39 is 0 Å². The molecule has 0 fully saturated rings. The Hall–Kier alpha value is -3.28. The van der Waals surface area contributed by atoms with E-state index >= 15 is 0 Å². The van der Waals surface area contributed by atoms with Crippen LogP contribution in [0, 0.1) is 13.8 Å². The predicted octanol–water partition coefficient (Wildman–Crippen LogP) is 3.31. The molecule has 0 unspecified atom stereocenters. The molecule has 6 heteroatoms. The van der Waals surface area contributed by atoms with Gasteiger partial charge in [-0.15, -0.1) is 0 Å². The van der Waals surface area contributed by atoms with E-state index in [2.05, 4.69) is 10.4 Å². The Morgan fingerprint density at radius 1 is 1.04 bits per heavy atom. The van der Waals surface area contributed by atoms with Crippen molar-refractivity contribution in [1.82, 2.24) is 15.1 Å². The van der Waals surface area contributed by atoms with Crippen molar-refractivity contribution >= 4 is 5.91 Å². The normalized spacial score (nSPS) is 10.5. The van der Waals surface area contributed by atoms with E-state index in [1.54, 1.807) is 11.8 Å². The van der Waals surface area contributed by atoms with Crippen LogP contribution in [0.2, 0.25) is 0 Å². The molecule has 1 heterocycles. The minimum absolute atomic E-state index is 0.148. The highest BCUT2D eigenvalue weighted by Gasteiger charge is 2.19. The van der Waals surface area contributed by atoms with Crippen molar-refractivity contribution in [2.75, 3.05) is 20.3 Å². The maximum absolute atomic E-state index is 12.6. The second kappa shape index (κ2) is 8.40. The topological polar surface area (TPSA) is 65.4 Å². The number of ether oxygens (including phenoxy) is 2. The fraction of sp³-hybridized carbons (Fsp3) is 0.238. The van der Waals surface area contributed by atoms with Crippen molar-refractivity contribution in [3.63, 3.8) is 0 Å². The van der Waals surface area contributed by atoms with Gasteiger partial charge in [0.2, 0.25) is 0 Å². The largest absolute Gasteiger partial charge is 0.497 e. The Bertz CT molecular complexity index is 902. The van der Waals surface area contributed by atoms with Crippen LogP contribution in [0.4, 0.5) is 0 Å².